The zero-order valence-corrected chi connectivity index (χ0v) is 19.4. The standard InChI is InChI=1S/C22H25ClFN7O2/c1-22(2,3)33-21(32)31-8-6-13(7-9-31)29-20-25-11-17-18(30-20)19(27-12-26-17)28-14-4-5-16(24)15(23)10-14/h4-5,10-13H,6-9H2,1-3H3,(H,25,29,30)(H,26,27,28). The van der Waals surface area contributed by atoms with E-state index in [0.717, 1.165) is 12.8 Å². The van der Waals surface area contributed by atoms with E-state index >= 15 is 0 Å². The number of rotatable bonds is 4. The van der Waals surface area contributed by atoms with E-state index < -0.39 is 11.4 Å². The van der Waals surface area contributed by atoms with Crippen molar-refractivity contribution in [2.45, 2.75) is 45.3 Å². The molecule has 11 heteroatoms. The molecule has 33 heavy (non-hydrogen) atoms. The number of carbonyl (C=O) groups is 1. The molecule has 4 rings (SSSR count). The Morgan fingerprint density at radius 2 is 1.97 bits per heavy atom. The van der Waals surface area contributed by atoms with Crippen molar-refractivity contribution < 1.29 is 13.9 Å². The number of aromatic nitrogens is 4. The molecule has 0 saturated carbocycles. The second-order valence-corrected chi connectivity index (χ2v) is 9.20. The molecule has 0 radical (unpaired) electrons. The second kappa shape index (κ2) is 9.30. The van der Waals surface area contributed by atoms with Gasteiger partial charge in [-0.15, -0.1) is 0 Å². The molecule has 0 unspecified atom stereocenters. The summed E-state index contributed by atoms with van der Waals surface area (Å²) in [4.78, 5) is 31.4. The summed E-state index contributed by atoms with van der Waals surface area (Å²) in [6.45, 7) is 6.73. The molecule has 0 aliphatic carbocycles. The van der Waals surface area contributed by atoms with Gasteiger partial charge in [0.15, 0.2) is 5.82 Å². The Kier molecular flexibility index (Phi) is 6.46. The lowest BCUT2D eigenvalue weighted by atomic mass is 10.1. The fraction of sp³-hybridized carbons (Fsp3) is 0.409. The highest BCUT2D eigenvalue weighted by Gasteiger charge is 2.27. The number of ether oxygens (including phenoxy) is 1. The van der Waals surface area contributed by atoms with Crippen LogP contribution in [0.4, 0.5) is 26.6 Å². The Hall–Kier alpha value is -3.27. The lowest BCUT2D eigenvalue weighted by Gasteiger charge is -2.33. The van der Waals surface area contributed by atoms with E-state index in [9.17, 15) is 9.18 Å². The summed E-state index contributed by atoms with van der Waals surface area (Å²) in [5.74, 6) is 0.391. The third-order valence-corrected chi connectivity index (χ3v) is 5.33. The number of nitrogens with one attached hydrogen (secondary N) is 2. The first-order chi connectivity index (χ1) is 15.7. The van der Waals surface area contributed by atoms with E-state index in [1.54, 1.807) is 17.2 Å². The van der Waals surface area contributed by atoms with E-state index in [2.05, 4.69) is 30.6 Å². The highest BCUT2D eigenvalue weighted by molar-refractivity contribution is 6.31. The smallest absolute Gasteiger partial charge is 0.410 e. The van der Waals surface area contributed by atoms with Gasteiger partial charge in [-0.25, -0.2) is 29.1 Å². The number of likely N-dealkylation sites (tertiary alicyclic amines) is 1. The minimum absolute atomic E-state index is 0.00747. The minimum Gasteiger partial charge on any atom is -0.444 e. The zero-order chi connectivity index (χ0) is 23.6. The summed E-state index contributed by atoms with van der Waals surface area (Å²) in [6.07, 6.45) is 4.21. The maximum Gasteiger partial charge on any atom is 0.410 e. The first-order valence-corrected chi connectivity index (χ1v) is 11.0. The third-order valence-electron chi connectivity index (χ3n) is 5.04. The Morgan fingerprint density at radius 1 is 1.21 bits per heavy atom. The Bertz CT molecular complexity index is 1160. The number of amides is 1. The van der Waals surface area contributed by atoms with Crippen LogP contribution in [-0.4, -0.2) is 55.7 Å². The van der Waals surface area contributed by atoms with Crippen molar-refractivity contribution in [3.05, 3.63) is 41.6 Å². The lowest BCUT2D eigenvalue weighted by molar-refractivity contribution is 0.0210. The molecule has 3 heterocycles. The Morgan fingerprint density at radius 3 is 2.67 bits per heavy atom. The van der Waals surface area contributed by atoms with E-state index in [4.69, 9.17) is 16.3 Å². The molecule has 9 nitrogen and oxygen atoms in total. The van der Waals surface area contributed by atoms with Crippen LogP contribution in [0.1, 0.15) is 33.6 Å². The summed E-state index contributed by atoms with van der Waals surface area (Å²) in [5, 5.41) is 6.45. The highest BCUT2D eigenvalue weighted by atomic mass is 35.5. The average Bonchev–Trinajstić information content (AvgIpc) is 2.76. The number of nitrogens with zero attached hydrogens (tertiary/aromatic N) is 5. The largest absolute Gasteiger partial charge is 0.444 e. The van der Waals surface area contributed by atoms with Crippen molar-refractivity contribution >= 4 is 46.2 Å². The zero-order valence-electron chi connectivity index (χ0n) is 18.6. The van der Waals surface area contributed by atoms with Gasteiger partial charge in [0.1, 0.15) is 28.8 Å². The van der Waals surface area contributed by atoms with Gasteiger partial charge in [-0.05, 0) is 51.8 Å². The van der Waals surface area contributed by atoms with Crippen molar-refractivity contribution in [1.82, 2.24) is 24.8 Å². The fourth-order valence-electron chi connectivity index (χ4n) is 3.44. The molecule has 3 aromatic rings. The first kappa shape index (κ1) is 22.9. The number of halogens is 2. The van der Waals surface area contributed by atoms with E-state index in [1.807, 2.05) is 20.8 Å². The van der Waals surface area contributed by atoms with Gasteiger partial charge in [-0.1, -0.05) is 11.6 Å². The SMILES string of the molecule is CC(C)(C)OC(=O)N1CCC(Nc2ncc3ncnc(Nc4ccc(F)c(Cl)c4)c3n2)CC1. The first-order valence-electron chi connectivity index (χ1n) is 10.6. The summed E-state index contributed by atoms with van der Waals surface area (Å²) in [6, 6.07) is 4.43. The number of hydrogen-bond donors (Lipinski definition) is 2. The molecule has 2 aromatic heterocycles. The molecule has 0 spiro atoms. The molecule has 0 atom stereocenters. The van der Waals surface area contributed by atoms with Crippen molar-refractivity contribution in [3.8, 4) is 0 Å². The Balaban J connectivity index is 1.44. The van der Waals surface area contributed by atoms with Crippen LogP contribution in [0.3, 0.4) is 0 Å². The van der Waals surface area contributed by atoms with Crippen LogP contribution in [-0.2, 0) is 4.74 Å². The molecule has 1 aliphatic heterocycles. The van der Waals surface area contributed by atoms with Gasteiger partial charge in [-0.3, -0.25) is 0 Å². The van der Waals surface area contributed by atoms with Crippen LogP contribution in [0, 0.1) is 5.82 Å². The van der Waals surface area contributed by atoms with Gasteiger partial charge in [0, 0.05) is 24.8 Å². The molecular weight excluding hydrogens is 449 g/mol. The Labute approximate surface area is 195 Å². The topological polar surface area (TPSA) is 105 Å². The van der Waals surface area contributed by atoms with Crippen LogP contribution in [0.15, 0.2) is 30.7 Å². The monoisotopic (exact) mass is 473 g/mol. The van der Waals surface area contributed by atoms with Gasteiger partial charge in [0.25, 0.3) is 0 Å². The molecule has 2 N–H and O–H groups in total. The quantitative estimate of drug-likeness (QED) is 0.558. The van der Waals surface area contributed by atoms with Crippen LogP contribution in [0.25, 0.3) is 11.0 Å². The fourth-order valence-corrected chi connectivity index (χ4v) is 3.62. The highest BCUT2D eigenvalue weighted by Crippen LogP contribution is 2.26. The molecule has 174 valence electrons. The number of carbonyl (C=O) groups excluding carboxylic acids is 1. The van der Waals surface area contributed by atoms with E-state index in [-0.39, 0.29) is 17.2 Å². The molecule has 1 aromatic carbocycles. The normalized spacial score (nSPS) is 14.9. The van der Waals surface area contributed by atoms with Crippen molar-refractivity contribution in [1.29, 1.82) is 0 Å². The summed E-state index contributed by atoms with van der Waals surface area (Å²) in [5.41, 5.74) is 1.13. The molecule has 1 amide bonds. The van der Waals surface area contributed by atoms with Crippen molar-refractivity contribution in [3.63, 3.8) is 0 Å². The van der Waals surface area contributed by atoms with Crippen LogP contribution >= 0.6 is 11.6 Å². The number of piperidine rings is 1. The minimum atomic E-state index is -0.516. The number of benzene rings is 1. The summed E-state index contributed by atoms with van der Waals surface area (Å²) in [7, 11) is 0. The summed E-state index contributed by atoms with van der Waals surface area (Å²) < 4.78 is 18.9. The van der Waals surface area contributed by atoms with Gasteiger partial charge >= 0.3 is 6.09 Å². The van der Waals surface area contributed by atoms with E-state index in [1.165, 1.54) is 18.5 Å². The van der Waals surface area contributed by atoms with Gasteiger partial charge in [-0.2, -0.15) is 0 Å². The maximum atomic E-state index is 13.5. The van der Waals surface area contributed by atoms with Gasteiger partial charge in [0.05, 0.1) is 11.2 Å². The van der Waals surface area contributed by atoms with E-state index in [0.29, 0.717) is 41.6 Å². The second-order valence-electron chi connectivity index (χ2n) is 8.79. The van der Waals surface area contributed by atoms with Crippen molar-refractivity contribution in [2.24, 2.45) is 0 Å². The molecule has 1 fully saturated rings. The lowest BCUT2D eigenvalue weighted by Crippen LogP contribution is -2.44. The summed E-state index contributed by atoms with van der Waals surface area (Å²) >= 11 is 5.88. The van der Waals surface area contributed by atoms with Crippen molar-refractivity contribution in [2.75, 3.05) is 23.7 Å². The number of anilines is 3. The molecule has 1 saturated heterocycles. The molecule has 1 aliphatic rings. The number of hydrogen-bond acceptors (Lipinski definition) is 8. The molecular formula is C22H25ClFN7O2. The predicted octanol–water partition coefficient (Wildman–Crippen LogP) is 4.77. The van der Waals surface area contributed by atoms with Crippen LogP contribution < -0.4 is 10.6 Å². The van der Waals surface area contributed by atoms with Gasteiger partial charge in [0.2, 0.25) is 5.95 Å². The predicted molar refractivity (Wildman–Crippen MR) is 124 cm³/mol. The molecule has 0 bridgehead atoms. The van der Waals surface area contributed by atoms with Crippen LogP contribution in [0.5, 0.6) is 0 Å². The van der Waals surface area contributed by atoms with Gasteiger partial charge < -0.3 is 20.3 Å². The van der Waals surface area contributed by atoms with Crippen LogP contribution in [0.2, 0.25) is 5.02 Å². The average molecular weight is 474 g/mol. The number of fused-ring (bicyclic) bond motifs is 1. The third kappa shape index (κ3) is 5.75. The maximum absolute atomic E-state index is 13.5.